The Morgan fingerprint density at radius 2 is 1.89 bits per heavy atom. The maximum atomic E-state index is 12.8. The molecule has 3 rings (SSSR count). The van der Waals surface area contributed by atoms with Crippen molar-refractivity contribution in [2.75, 3.05) is 18.9 Å². The molecule has 2 aromatic carbocycles. The molecular formula is C20H17ClIN3O2. The molecule has 0 unspecified atom stereocenters. The first-order chi connectivity index (χ1) is 13.0. The summed E-state index contributed by atoms with van der Waals surface area (Å²) in [5.41, 5.74) is 1.90. The highest BCUT2D eigenvalue weighted by Gasteiger charge is 2.19. The third-order valence-corrected chi connectivity index (χ3v) is 4.93. The van der Waals surface area contributed by atoms with E-state index in [1.54, 1.807) is 37.4 Å². The van der Waals surface area contributed by atoms with Gasteiger partial charge in [-0.05, 0) is 65.1 Å². The van der Waals surface area contributed by atoms with Crippen LogP contribution in [0, 0.1) is 3.57 Å². The van der Waals surface area contributed by atoms with Crippen LogP contribution in [0.4, 0.5) is 5.69 Å². The van der Waals surface area contributed by atoms with Gasteiger partial charge in [-0.3, -0.25) is 9.59 Å². The SMILES string of the molecule is CN(CC(=O)Nc1ccccc1Cl)C(=O)c1cccn1-c1cccc(I)c1. The summed E-state index contributed by atoms with van der Waals surface area (Å²) in [4.78, 5) is 26.5. The summed E-state index contributed by atoms with van der Waals surface area (Å²) in [7, 11) is 1.60. The number of nitrogens with one attached hydrogen (secondary N) is 1. The average Bonchev–Trinajstić information content (AvgIpc) is 3.12. The molecule has 0 radical (unpaired) electrons. The maximum Gasteiger partial charge on any atom is 0.271 e. The first-order valence-electron chi connectivity index (χ1n) is 8.19. The molecule has 0 fully saturated rings. The summed E-state index contributed by atoms with van der Waals surface area (Å²) in [5, 5.41) is 3.17. The van der Waals surface area contributed by atoms with Crippen LogP contribution in [0.15, 0.2) is 66.9 Å². The molecule has 0 aliphatic heterocycles. The molecule has 3 aromatic rings. The van der Waals surface area contributed by atoms with Crippen LogP contribution in [-0.4, -0.2) is 34.9 Å². The Morgan fingerprint density at radius 3 is 2.63 bits per heavy atom. The first kappa shape index (κ1) is 19.4. The maximum absolute atomic E-state index is 12.8. The van der Waals surface area contributed by atoms with E-state index in [9.17, 15) is 9.59 Å². The van der Waals surface area contributed by atoms with E-state index in [-0.39, 0.29) is 18.4 Å². The van der Waals surface area contributed by atoms with Crippen molar-refractivity contribution in [3.05, 3.63) is 81.1 Å². The van der Waals surface area contributed by atoms with Crippen LogP contribution in [-0.2, 0) is 4.79 Å². The van der Waals surface area contributed by atoms with Crippen LogP contribution in [0.3, 0.4) is 0 Å². The lowest BCUT2D eigenvalue weighted by atomic mass is 10.3. The van der Waals surface area contributed by atoms with Crippen molar-refractivity contribution in [1.29, 1.82) is 0 Å². The molecule has 138 valence electrons. The number of hydrogen-bond acceptors (Lipinski definition) is 2. The number of carbonyl (C=O) groups excluding carboxylic acids is 2. The highest BCUT2D eigenvalue weighted by Crippen LogP contribution is 2.20. The third-order valence-electron chi connectivity index (χ3n) is 3.93. The minimum absolute atomic E-state index is 0.0818. The monoisotopic (exact) mass is 493 g/mol. The molecular weight excluding hydrogens is 477 g/mol. The normalized spacial score (nSPS) is 10.5. The number of rotatable bonds is 5. The highest BCUT2D eigenvalue weighted by molar-refractivity contribution is 14.1. The molecule has 0 spiro atoms. The molecule has 0 bridgehead atoms. The van der Waals surface area contributed by atoms with Gasteiger partial charge in [0.25, 0.3) is 5.91 Å². The van der Waals surface area contributed by atoms with Gasteiger partial charge in [0.05, 0.1) is 17.3 Å². The zero-order chi connectivity index (χ0) is 19.4. The molecule has 5 nitrogen and oxygen atoms in total. The van der Waals surface area contributed by atoms with E-state index in [2.05, 4.69) is 27.9 Å². The number of carbonyl (C=O) groups is 2. The van der Waals surface area contributed by atoms with E-state index in [1.165, 1.54) is 4.90 Å². The number of nitrogens with zero attached hydrogens (tertiary/aromatic N) is 2. The lowest BCUT2D eigenvalue weighted by Gasteiger charge is -2.18. The van der Waals surface area contributed by atoms with Crippen molar-refractivity contribution in [1.82, 2.24) is 9.47 Å². The number of amides is 2. The Hall–Kier alpha value is -2.32. The largest absolute Gasteiger partial charge is 0.331 e. The fourth-order valence-electron chi connectivity index (χ4n) is 2.64. The second-order valence-electron chi connectivity index (χ2n) is 5.93. The summed E-state index contributed by atoms with van der Waals surface area (Å²) in [6.07, 6.45) is 1.83. The van der Waals surface area contributed by atoms with Gasteiger partial charge in [-0.2, -0.15) is 0 Å². The molecule has 1 N–H and O–H groups in total. The summed E-state index contributed by atoms with van der Waals surface area (Å²) in [5.74, 6) is -0.556. The molecule has 2 amide bonds. The van der Waals surface area contributed by atoms with Crippen molar-refractivity contribution in [3.63, 3.8) is 0 Å². The molecule has 0 saturated heterocycles. The summed E-state index contributed by atoms with van der Waals surface area (Å²) in [6, 6.07) is 18.4. The first-order valence-corrected chi connectivity index (χ1v) is 9.64. The third kappa shape index (κ3) is 4.70. The molecule has 0 aliphatic carbocycles. The molecule has 1 heterocycles. The zero-order valence-electron chi connectivity index (χ0n) is 14.5. The standard InChI is InChI=1S/C20H17ClIN3O2/c1-24(13-19(26)23-17-9-3-2-8-16(17)21)20(27)18-10-5-11-25(18)15-7-4-6-14(22)12-15/h2-12H,13H2,1H3,(H,23,26). The van der Waals surface area contributed by atoms with Crippen LogP contribution in [0.1, 0.15) is 10.5 Å². The fourth-order valence-corrected chi connectivity index (χ4v) is 3.35. The summed E-state index contributed by atoms with van der Waals surface area (Å²) in [6.45, 7) is -0.0818. The second kappa shape index (κ2) is 8.58. The smallest absolute Gasteiger partial charge is 0.271 e. The van der Waals surface area contributed by atoms with Gasteiger partial charge in [-0.1, -0.05) is 29.8 Å². The van der Waals surface area contributed by atoms with Crippen LogP contribution in [0.2, 0.25) is 5.02 Å². The van der Waals surface area contributed by atoms with Gasteiger partial charge in [-0.25, -0.2) is 0 Å². The van der Waals surface area contributed by atoms with Gasteiger partial charge >= 0.3 is 0 Å². The second-order valence-corrected chi connectivity index (χ2v) is 7.59. The quantitative estimate of drug-likeness (QED) is 0.534. The zero-order valence-corrected chi connectivity index (χ0v) is 17.4. The number of para-hydroxylation sites is 1. The topological polar surface area (TPSA) is 54.3 Å². The summed E-state index contributed by atoms with van der Waals surface area (Å²) >= 11 is 8.28. The number of likely N-dealkylation sites (N-methyl/N-ethyl adjacent to an activating group) is 1. The predicted molar refractivity (Wildman–Crippen MR) is 116 cm³/mol. The van der Waals surface area contributed by atoms with Gasteiger partial charge in [-0.15, -0.1) is 0 Å². The van der Waals surface area contributed by atoms with Crippen molar-refractivity contribution >= 4 is 51.7 Å². The molecule has 0 saturated carbocycles. The number of halogens is 2. The van der Waals surface area contributed by atoms with Gasteiger partial charge in [0.15, 0.2) is 0 Å². The minimum atomic E-state index is -0.314. The van der Waals surface area contributed by atoms with Gasteiger partial charge in [0, 0.05) is 22.5 Å². The lowest BCUT2D eigenvalue weighted by molar-refractivity contribution is -0.116. The van der Waals surface area contributed by atoms with Crippen LogP contribution < -0.4 is 5.32 Å². The van der Waals surface area contributed by atoms with E-state index in [4.69, 9.17) is 11.6 Å². The molecule has 7 heteroatoms. The Bertz CT molecular complexity index is 987. The van der Waals surface area contributed by atoms with E-state index in [0.717, 1.165) is 9.26 Å². The Kier molecular flexibility index (Phi) is 6.18. The number of hydrogen-bond donors (Lipinski definition) is 1. The van der Waals surface area contributed by atoms with E-state index in [0.29, 0.717) is 16.4 Å². The van der Waals surface area contributed by atoms with Crippen molar-refractivity contribution in [3.8, 4) is 5.69 Å². The molecule has 0 aliphatic rings. The predicted octanol–water partition coefficient (Wildman–Crippen LogP) is 4.45. The van der Waals surface area contributed by atoms with E-state index in [1.807, 2.05) is 41.1 Å². The Labute approximate surface area is 176 Å². The highest BCUT2D eigenvalue weighted by atomic mass is 127. The molecule has 1 aromatic heterocycles. The van der Waals surface area contributed by atoms with Crippen LogP contribution >= 0.6 is 34.2 Å². The fraction of sp³-hybridized carbons (Fsp3) is 0.100. The van der Waals surface area contributed by atoms with Crippen molar-refractivity contribution in [2.24, 2.45) is 0 Å². The number of aromatic nitrogens is 1. The Morgan fingerprint density at radius 1 is 1.11 bits per heavy atom. The van der Waals surface area contributed by atoms with Crippen molar-refractivity contribution in [2.45, 2.75) is 0 Å². The molecule has 0 atom stereocenters. The van der Waals surface area contributed by atoms with Crippen LogP contribution in [0.25, 0.3) is 5.69 Å². The van der Waals surface area contributed by atoms with E-state index < -0.39 is 0 Å². The van der Waals surface area contributed by atoms with Gasteiger partial charge in [0.1, 0.15) is 5.69 Å². The van der Waals surface area contributed by atoms with Gasteiger partial charge in [0.2, 0.25) is 5.91 Å². The van der Waals surface area contributed by atoms with Crippen molar-refractivity contribution < 1.29 is 9.59 Å². The van der Waals surface area contributed by atoms with Gasteiger partial charge < -0.3 is 14.8 Å². The number of benzene rings is 2. The molecule has 27 heavy (non-hydrogen) atoms. The van der Waals surface area contributed by atoms with Crippen LogP contribution in [0.5, 0.6) is 0 Å². The summed E-state index contributed by atoms with van der Waals surface area (Å²) < 4.78 is 2.89. The minimum Gasteiger partial charge on any atom is -0.331 e. The average molecular weight is 494 g/mol. The number of anilines is 1. The lowest BCUT2D eigenvalue weighted by Crippen LogP contribution is -2.35. The Balaban J connectivity index is 1.72. The van der Waals surface area contributed by atoms with E-state index >= 15 is 0 Å².